The van der Waals surface area contributed by atoms with Crippen LogP contribution in [0.4, 0.5) is 21.8 Å². The van der Waals surface area contributed by atoms with E-state index in [0.717, 1.165) is 35.7 Å². The van der Waals surface area contributed by atoms with Gasteiger partial charge in [0.15, 0.2) is 0 Å². The lowest BCUT2D eigenvalue weighted by molar-refractivity contribution is 0.627. The van der Waals surface area contributed by atoms with Crippen molar-refractivity contribution in [2.45, 2.75) is 27.2 Å². The van der Waals surface area contributed by atoms with Crippen molar-refractivity contribution in [2.75, 3.05) is 23.3 Å². The van der Waals surface area contributed by atoms with Gasteiger partial charge in [-0.15, -0.1) is 0 Å². The molecule has 5 heteroatoms. The summed E-state index contributed by atoms with van der Waals surface area (Å²) in [5.41, 5.74) is 4.32. The van der Waals surface area contributed by atoms with E-state index in [9.17, 15) is 4.39 Å². The molecule has 1 heterocycles. The van der Waals surface area contributed by atoms with Gasteiger partial charge in [0, 0.05) is 30.5 Å². The highest BCUT2D eigenvalue weighted by Crippen LogP contribution is 2.25. The number of aryl methyl sites for hydroxylation is 2. The number of nitrogens with one attached hydrogen (secondary N) is 1. The van der Waals surface area contributed by atoms with Crippen LogP contribution in [-0.4, -0.2) is 23.1 Å². The zero-order valence-corrected chi connectivity index (χ0v) is 16.0. The summed E-state index contributed by atoms with van der Waals surface area (Å²) in [5.74, 6) is 1.27. The molecule has 0 fully saturated rings. The number of benzene rings is 2. The van der Waals surface area contributed by atoms with Gasteiger partial charge in [-0.25, -0.2) is 9.37 Å². The molecule has 1 N–H and O–H groups in total. The topological polar surface area (TPSA) is 41.1 Å². The third kappa shape index (κ3) is 5.03. The Morgan fingerprint density at radius 1 is 1.00 bits per heavy atom. The van der Waals surface area contributed by atoms with Crippen molar-refractivity contribution < 1.29 is 4.39 Å². The third-order valence-electron chi connectivity index (χ3n) is 4.36. The van der Waals surface area contributed by atoms with Crippen LogP contribution in [0.2, 0.25) is 0 Å². The van der Waals surface area contributed by atoms with E-state index in [1.165, 1.54) is 17.7 Å². The second-order valence-corrected chi connectivity index (χ2v) is 6.58. The molecule has 0 amide bonds. The van der Waals surface area contributed by atoms with E-state index >= 15 is 0 Å². The molecule has 0 aliphatic carbocycles. The van der Waals surface area contributed by atoms with Crippen LogP contribution in [0.3, 0.4) is 0 Å². The van der Waals surface area contributed by atoms with E-state index in [2.05, 4.69) is 53.3 Å². The minimum absolute atomic E-state index is 0.214. The molecule has 27 heavy (non-hydrogen) atoms. The van der Waals surface area contributed by atoms with Crippen molar-refractivity contribution in [1.29, 1.82) is 0 Å². The van der Waals surface area contributed by atoms with Crippen molar-refractivity contribution in [3.8, 4) is 0 Å². The Balaban J connectivity index is 1.74. The van der Waals surface area contributed by atoms with Gasteiger partial charge in [0.05, 0.1) is 0 Å². The first-order valence-corrected chi connectivity index (χ1v) is 9.23. The molecular formula is C22H25FN4. The number of anilines is 3. The average Bonchev–Trinajstić information content (AvgIpc) is 2.64. The highest BCUT2D eigenvalue weighted by Gasteiger charge is 2.11. The summed E-state index contributed by atoms with van der Waals surface area (Å²) in [4.78, 5) is 11.4. The molecule has 0 atom stereocenters. The summed E-state index contributed by atoms with van der Waals surface area (Å²) in [6.07, 6.45) is 0.780. The van der Waals surface area contributed by atoms with Crippen molar-refractivity contribution in [3.63, 3.8) is 0 Å². The lowest BCUT2D eigenvalue weighted by Gasteiger charge is -2.23. The van der Waals surface area contributed by atoms with Crippen LogP contribution in [0.1, 0.15) is 23.7 Å². The zero-order valence-electron chi connectivity index (χ0n) is 16.0. The number of aromatic nitrogens is 2. The Morgan fingerprint density at radius 2 is 1.78 bits per heavy atom. The minimum atomic E-state index is -0.214. The molecule has 140 valence electrons. The molecule has 0 saturated heterocycles. The maximum atomic E-state index is 13.0. The van der Waals surface area contributed by atoms with Crippen molar-refractivity contribution in [2.24, 2.45) is 0 Å². The zero-order chi connectivity index (χ0) is 19.2. The fourth-order valence-electron chi connectivity index (χ4n) is 3.01. The monoisotopic (exact) mass is 364 g/mol. The predicted octanol–water partition coefficient (Wildman–Crippen LogP) is 5.05. The van der Waals surface area contributed by atoms with Crippen LogP contribution in [0, 0.1) is 19.7 Å². The molecule has 0 aliphatic rings. The molecule has 0 aliphatic heterocycles. The molecule has 1 aromatic heterocycles. The molecule has 3 aromatic rings. The van der Waals surface area contributed by atoms with Gasteiger partial charge in [-0.1, -0.05) is 24.3 Å². The molecule has 2 aromatic carbocycles. The summed E-state index contributed by atoms with van der Waals surface area (Å²) in [5, 5.41) is 3.29. The van der Waals surface area contributed by atoms with Crippen LogP contribution in [0.15, 0.2) is 54.6 Å². The van der Waals surface area contributed by atoms with Gasteiger partial charge in [-0.2, -0.15) is 4.98 Å². The molecule has 0 spiro atoms. The SMILES string of the molecule is CCN(c1cccc(C)c1)c1cc(C)nc(NCCc2ccc(F)cc2)n1. The van der Waals surface area contributed by atoms with Gasteiger partial charge in [0.2, 0.25) is 5.95 Å². The van der Waals surface area contributed by atoms with Crippen LogP contribution >= 0.6 is 0 Å². The van der Waals surface area contributed by atoms with E-state index in [1.54, 1.807) is 12.1 Å². The fourth-order valence-corrected chi connectivity index (χ4v) is 3.01. The average molecular weight is 364 g/mol. The van der Waals surface area contributed by atoms with Gasteiger partial charge in [-0.05, 0) is 62.6 Å². The Kier molecular flexibility index (Phi) is 6.01. The van der Waals surface area contributed by atoms with Gasteiger partial charge in [0.25, 0.3) is 0 Å². The number of rotatable bonds is 7. The fraction of sp³-hybridized carbons (Fsp3) is 0.273. The molecule has 0 radical (unpaired) electrons. The Hall–Kier alpha value is -2.95. The first-order valence-electron chi connectivity index (χ1n) is 9.23. The molecule has 4 nitrogen and oxygen atoms in total. The predicted molar refractivity (Wildman–Crippen MR) is 109 cm³/mol. The molecule has 3 rings (SSSR count). The molecule has 0 bridgehead atoms. The van der Waals surface area contributed by atoms with Gasteiger partial charge in [-0.3, -0.25) is 0 Å². The van der Waals surface area contributed by atoms with Crippen molar-refractivity contribution in [3.05, 3.63) is 77.2 Å². The van der Waals surface area contributed by atoms with Crippen LogP contribution < -0.4 is 10.2 Å². The van der Waals surface area contributed by atoms with Crippen LogP contribution in [0.5, 0.6) is 0 Å². The van der Waals surface area contributed by atoms with Crippen LogP contribution in [-0.2, 0) is 6.42 Å². The highest BCUT2D eigenvalue weighted by atomic mass is 19.1. The highest BCUT2D eigenvalue weighted by molar-refractivity contribution is 5.61. The standard InChI is InChI=1S/C22H25FN4/c1-4-27(20-7-5-6-16(2)14-20)21-15-17(3)25-22(26-21)24-13-12-18-8-10-19(23)11-9-18/h5-11,14-15H,4,12-13H2,1-3H3,(H,24,25,26). The van der Waals surface area contributed by atoms with Crippen molar-refractivity contribution >= 4 is 17.5 Å². The second kappa shape index (κ2) is 8.62. The molecular weight excluding hydrogens is 339 g/mol. The van der Waals surface area contributed by atoms with E-state index in [4.69, 9.17) is 4.98 Å². The number of nitrogens with zero attached hydrogens (tertiary/aromatic N) is 3. The lowest BCUT2D eigenvalue weighted by Crippen LogP contribution is -2.19. The summed E-state index contributed by atoms with van der Waals surface area (Å²) < 4.78 is 13.0. The first-order chi connectivity index (χ1) is 13.0. The normalized spacial score (nSPS) is 10.7. The summed E-state index contributed by atoms with van der Waals surface area (Å²) in [6.45, 7) is 7.67. The summed E-state index contributed by atoms with van der Waals surface area (Å²) in [6, 6.07) is 17.0. The van der Waals surface area contributed by atoms with Gasteiger partial charge < -0.3 is 10.2 Å². The Bertz CT molecular complexity index is 893. The maximum absolute atomic E-state index is 13.0. The maximum Gasteiger partial charge on any atom is 0.224 e. The van der Waals surface area contributed by atoms with E-state index in [0.29, 0.717) is 12.5 Å². The van der Waals surface area contributed by atoms with Gasteiger partial charge in [0.1, 0.15) is 11.6 Å². The minimum Gasteiger partial charge on any atom is -0.354 e. The molecule has 0 unspecified atom stereocenters. The van der Waals surface area contributed by atoms with Crippen molar-refractivity contribution in [1.82, 2.24) is 9.97 Å². The largest absolute Gasteiger partial charge is 0.354 e. The number of hydrogen-bond acceptors (Lipinski definition) is 4. The number of halogens is 1. The second-order valence-electron chi connectivity index (χ2n) is 6.58. The first kappa shape index (κ1) is 18.8. The lowest BCUT2D eigenvalue weighted by atomic mass is 10.1. The quantitative estimate of drug-likeness (QED) is 0.637. The Labute approximate surface area is 160 Å². The smallest absolute Gasteiger partial charge is 0.224 e. The number of hydrogen-bond donors (Lipinski definition) is 1. The van der Waals surface area contributed by atoms with E-state index < -0.39 is 0 Å². The Morgan fingerprint density at radius 3 is 2.48 bits per heavy atom. The van der Waals surface area contributed by atoms with E-state index in [-0.39, 0.29) is 5.82 Å². The van der Waals surface area contributed by atoms with E-state index in [1.807, 2.05) is 13.0 Å². The molecule has 0 saturated carbocycles. The third-order valence-corrected chi connectivity index (χ3v) is 4.36. The van der Waals surface area contributed by atoms with Gasteiger partial charge >= 0.3 is 0 Å². The summed E-state index contributed by atoms with van der Waals surface area (Å²) in [7, 11) is 0. The summed E-state index contributed by atoms with van der Waals surface area (Å²) >= 11 is 0. The van der Waals surface area contributed by atoms with Crippen LogP contribution in [0.25, 0.3) is 0 Å².